The van der Waals surface area contributed by atoms with Gasteiger partial charge in [-0.1, -0.05) is 69.1 Å². The van der Waals surface area contributed by atoms with Gasteiger partial charge in [0.25, 0.3) is 0 Å². The molecular weight excluding hydrogens is 314 g/mol. The van der Waals surface area contributed by atoms with Crippen molar-refractivity contribution in [1.29, 1.82) is 0 Å². The van der Waals surface area contributed by atoms with E-state index >= 15 is 0 Å². The van der Waals surface area contributed by atoms with E-state index in [0.29, 0.717) is 11.6 Å². The van der Waals surface area contributed by atoms with Gasteiger partial charge in [0.1, 0.15) is 6.61 Å². The summed E-state index contributed by atoms with van der Waals surface area (Å²) in [5, 5.41) is 4.61. The van der Waals surface area contributed by atoms with Gasteiger partial charge >= 0.3 is 0 Å². The molecule has 18 heavy (non-hydrogen) atoms. The lowest BCUT2D eigenvalue weighted by molar-refractivity contribution is 0.132. The van der Waals surface area contributed by atoms with E-state index in [4.69, 9.17) is 16.4 Å². The Labute approximate surface area is 119 Å². The average molecular weight is 325 g/mol. The second-order valence-electron chi connectivity index (χ2n) is 3.62. The molecule has 2 aromatic carbocycles. The molecule has 0 atom stereocenters. The van der Waals surface area contributed by atoms with Crippen LogP contribution in [-0.4, -0.2) is 6.21 Å². The number of oxime groups is 1. The Kier molecular flexibility index (Phi) is 4.79. The van der Waals surface area contributed by atoms with Crippen LogP contribution in [0.5, 0.6) is 0 Å². The minimum Gasteiger partial charge on any atom is -0.391 e. The Balaban J connectivity index is 1.93. The number of hydrogen-bond donors (Lipinski definition) is 0. The zero-order valence-electron chi connectivity index (χ0n) is 9.51. The number of nitrogens with zero attached hydrogens (tertiary/aromatic N) is 1. The standard InChI is InChI=1S/C14H11BrClNO/c15-13-7-3-1-5-11(13)9-17-18-10-12-6-2-4-8-14(12)16/h1-9H,10H2. The maximum Gasteiger partial charge on any atom is 0.143 e. The predicted octanol–water partition coefficient (Wildman–Crippen LogP) is 4.65. The van der Waals surface area contributed by atoms with Gasteiger partial charge in [0.2, 0.25) is 0 Å². The van der Waals surface area contributed by atoms with Crippen LogP contribution in [0.15, 0.2) is 58.2 Å². The van der Waals surface area contributed by atoms with Crippen molar-refractivity contribution >= 4 is 33.7 Å². The fourth-order valence-corrected chi connectivity index (χ4v) is 1.97. The summed E-state index contributed by atoms with van der Waals surface area (Å²) in [6, 6.07) is 15.3. The molecule has 0 radical (unpaired) electrons. The molecule has 92 valence electrons. The SMILES string of the molecule is Clc1ccccc1CON=Cc1ccccc1Br. The lowest BCUT2D eigenvalue weighted by atomic mass is 10.2. The third-order valence-electron chi connectivity index (χ3n) is 2.35. The molecule has 0 saturated carbocycles. The summed E-state index contributed by atoms with van der Waals surface area (Å²) in [6.07, 6.45) is 1.67. The van der Waals surface area contributed by atoms with Crippen molar-refractivity contribution in [3.05, 3.63) is 69.2 Å². The molecule has 0 heterocycles. The molecule has 0 unspecified atom stereocenters. The Bertz CT molecular complexity index is 557. The summed E-state index contributed by atoms with van der Waals surface area (Å²) < 4.78 is 0.982. The first-order valence-electron chi connectivity index (χ1n) is 5.40. The second-order valence-corrected chi connectivity index (χ2v) is 4.88. The Morgan fingerprint density at radius 2 is 1.83 bits per heavy atom. The van der Waals surface area contributed by atoms with Gasteiger partial charge in [-0.05, 0) is 12.1 Å². The van der Waals surface area contributed by atoms with Crippen molar-refractivity contribution in [3.8, 4) is 0 Å². The van der Waals surface area contributed by atoms with E-state index in [1.165, 1.54) is 0 Å². The van der Waals surface area contributed by atoms with E-state index in [1.807, 2.05) is 48.5 Å². The molecule has 0 aliphatic carbocycles. The molecule has 0 amide bonds. The van der Waals surface area contributed by atoms with Crippen LogP contribution >= 0.6 is 27.5 Å². The van der Waals surface area contributed by atoms with Gasteiger partial charge in [0, 0.05) is 20.6 Å². The van der Waals surface area contributed by atoms with Gasteiger partial charge < -0.3 is 4.84 Å². The largest absolute Gasteiger partial charge is 0.391 e. The zero-order valence-corrected chi connectivity index (χ0v) is 11.9. The fourth-order valence-electron chi connectivity index (χ4n) is 1.40. The summed E-state index contributed by atoms with van der Waals surface area (Å²) in [6.45, 7) is 0.362. The maximum atomic E-state index is 6.01. The van der Waals surface area contributed by atoms with Crippen LogP contribution in [0.2, 0.25) is 5.02 Å². The second kappa shape index (κ2) is 6.57. The Hall–Kier alpha value is -1.32. The molecule has 0 saturated heterocycles. The topological polar surface area (TPSA) is 21.6 Å². The summed E-state index contributed by atoms with van der Waals surface area (Å²) in [4.78, 5) is 5.22. The van der Waals surface area contributed by atoms with Gasteiger partial charge in [0.05, 0.1) is 6.21 Å². The first-order chi connectivity index (χ1) is 8.77. The molecule has 0 N–H and O–H groups in total. The lowest BCUT2D eigenvalue weighted by Crippen LogP contribution is -1.89. The first-order valence-corrected chi connectivity index (χ1v) is 6.58. The van der Waals surface area contributed by atoms with Gasteiger partial charge in [0.15, 0.2) is 0 Å². The molecule has 4 heteroatoms. The smallest absolute Gasteiger partial charge is 0.143 e. The lowest BCUT2D eigenvalue weighted by Gasteiger charge is -2.02. The number of halogens is 2. The molecule has 2 rings (SSSR count). The first kappa shape index (κ1) is 13.1. The molecule has 0 bridgehead atoms. The summed E-state index contributed by atoms with van der Waals surface area (Å²) in [7, 11) is 0. The van der Waals surface area contributed by atoms with Crippen LogP contribution in [0.3, 0.4) is 0 Å². The number of hydrogen-bond acceptors (Lipinski definition) is 2. The van der Waals surface area contributed by atoms with Crippen LogP contribution in [0, 0.1) is 0 Å². The molecule has 0 aliphatic rings. The summed E-state index contributed by atoms with van der Waals surface area (Å²) >= 11 is 9.44. The van der Waals surface area contributed by atoms with Crippen molar-refractivity contribution in [2.24, 2.45) is 5.16 Å². The van der Waals surface area contributed by atoms with Crippen LogP contribution in [-0.2, 0) is 11.4 Å². The van der Waals surface area contributed by atoms with Crippen LogP contribution in [0.1, 0.15) is 11.1 Å². The average Bonchev–Trinajstić information content (AvgIpc) is 2.38. The monoisotopic (exact) mass is 323 g/mol. The fraction of sp³-hybridized carbons (Fsp3) is 0.0714. The summed E-state index contributed by atoms with van der Waals surface area (Å²) in [5.74, 6) is 0. The highest BCUT2D eigenvalue weighted by atomic mass is 79.9. The molecule has 0 fully saturated rings. The van der Waals surface area contributed by atoms with Crippen molar-refractivity contribution in [1.82, 2.24) is 0 Å². The summed E-state index contributed by atoms with van der Waals surface area (Å²) in [5.41, 5.74) is 1.89. The van der Waals surface area contributed by atoms with Crippen molar-refractivity contribution in [2.75, 3.05) is 0 Å². The van der Waals surface area contributed by atoms with E-state index in [0.717, 1.165) is 15.6 Å². The highest BCUT2D eigenvalue weighted by Crippen LogP contribution is 2.16. The molecular formula is C14H11BrClNO. The van der Waals surface area contributed by atoms with Crippen molar-refractivity contribution in [3.63, 3.8) is 0 Å². The molecule has 2 aromatic rings. The predicted molar refractivity (Wildman–Crippen MR) is 78.0 cm³/mol. The van der Waals surface area contributed by atoms with Crippen molar-refractivity contribution < 1.29 is 4.84 Å². The molecule has 0 spiro atoms. The van der Waals surface area contributed by atoms with E-state index in [2.05, 4.69) is 21.1 Å². The van der Waals surface area contributed by atoms with E-state index < -0.39 is 0 Å². The third-order valence-corrected chi connectivity index (χ3v) is 3.44. The highest BCUT2D eigenvalue weighted by Gasteiger charge is 1.98. The normalized spacial score (nSPS) is 10.8. The highest BCUT2D eigenvalue weighted by molar-refractivity contribution is 9.10. The quantitative estimate of drug-likeness (QED) is 0.592. The van der Waals surface area contributed by atoms with Gasteiger partial charge in [-0.25, -0.2) is 0 Å². The van der Waals surface area contributed by atoms with Crippen LogP contribution in [0.25, 0.3) is 0 Å². The van der Waals surface area contributed by atoms with Gasteiger partial charge in [-0.15, -0.1) is 0 Å². The van der Waals surface area contributed by atoms with Gasteiger partial charge in [-0.2, -0.15) is 0 Å². The van der Waals surface area contributed by atoms with Crippen molar-refractivity contribution in [2.45, 2.75) is 6.61 Å². The molecule has 2 nitrogen and oxygen atoms in total. The minimum absolute atomic E-state index is 0.362. The number of rotatable bonds is 4. The van der Waals surface area contributed by atoms with Crippen LogP contribution in [0.4, 0.5) is 0 Å². The third kappa shape index (κ3) is 3.59. The van der Waals surface area contributed by atoms with E-state index in [1.54, 1.807) is 6.21 Å². The van der Waals surface area contributed by atoms with Crippen LogP contribution < -0.4 is 0 Å². The van der Waals surface area contributed by atoms with Gasteiger partial charge in [-0.3, -0.25) is 0 Å². The number of benzene rings is 2. The molecule has 0 aromatic heterocycles. The maximum absolute atomic E-state index is 6.01. The minimum atomic E-state index is 0.362. The Morgan fingerprint density at radius 3 is 2.61 bits per heavy atom. The van der Waals surface area contributed by atoms with E-state index in [-0.39, 0.29) is 0 Å². The molecule has 0 aliphatic heterocycles. The van der Waals surface area contributed by atoms with E-state index in [9.17, 15) is 0 Å². The zero-order chi connectivity index (χ0) is 12.8. The Morgan fingerprint density at radius 1 is 1.11 bits per heavy atom.